The quantitative estimate of drug-likeness (QED) is 0.830. The first-order valence-corrected chi connectivity index (χ1v) is 6.83. The fourth-order valence-electron chi connectivity index (χ4n) is 2.58. The zero-order chi connectivity index (χ0) is 13.7. The summed E-state index contributed by atoms with van der Waals surface area (Å²) in [7, 11) is 0. The van der Waals surface area contributed by atoms with Crippen molar-refractivity contribution in [3.8, 4) is 0 Å². The van der Waals surface area contributed by atoms with E-state index in [9.17, 15) is 4.79 Å². The third-order valence-corrected chi connectivity index (χ3v) is 3.44. The highest BCUT2D eigenvalue weighted by atomic mass is 16.5. The molecule has 106 valence electrons. The Bertz CT molecular complexity index is 417. The Balaban J connectivity index is 1.78. The number of likely N-dealkylation sites (tertiary alicyclic amines) is 1. The summed E-state index contributed by atoms with van der Waals surface area (Å²) >= 11 is 0. The molecule has 0 saturated carbocycles. The minimum Gasteiger partial charge on any atom is -0.360 e. The lowest BCUT2D eigenvalue weighted by Crippen LogP contribution is -2.41. The SMILES string of the molecule is Cc1cc(NC(=O)CN2CCCC(CCN)C2)no1. The molecule has 0 aliphatic carbocycles. The number of carbonyl (C=O) groups is 1. The summed E-state index contributed by atoms with van der Waals surface area (Å²) in [5.74, 6) is 1.76. The fraction of sp³-hybridized carbons (Fsp3) is 0.692. The third-order valence-electron chi connectivity index (χ3n) is 3.44. The van der Waals surface area contributed by atoms with Crippen molar-refractivity contribution >= 4 is 11.7 Å². The molecule has 2 rings (SSSR count). The van der Waals surface area contributed by atoms with E-state index >= 15 is 0 Å². The number of hydrogen-bond acceptors (Lipinski definition) is 5. The molecule has 1 aliphatic heterocycles. The van der Waals surface area contributed by atoms with Gasteiger partial charge in [0, 0.05) is 12.6 Å². The molecule has 6 nitrogen and oxygen atoms in total. The topological polar surface area (TPSA) is 84.4 Å². The lowest BCUT2D eigenvalue weighted by molar-refractivity contribution is -0.117. The first-order chi connectivity index (χ1) is 9.17. The molecule has 1 aliphatic rings. The Morgan fingerprint density at radius 3 is 3.21 bits per heavy atom. The van der Waals surface area contributed by atoms with Crippen LogP contribution in [0.3, 0.4) is 0 Å². The van der Waals surface area contributed by atoms with E-state index in [1.165, 1.54) is 6.42 Å². The fourth-order valence-corrected chi connectivity index (χ4v) is 2.58. The van der Waals surface area contributed by atoms with Crippen LogP contribution in [0.2, 0.25) is 0 Å². The highest BCUT2D eigenvalue weighted by Gasteiger charge is 2.21. The summed E-state index contributed by atoms with van der Waals surface area (Å²) in [4.78, 5) is 14.1. The maximum absolute atomic E-state index is 11.9. The van der Waals surface area contributed by atoms with E-state index in [2.05, 4.69) is 15.4 Å². The van der Waals surface area contributed by atoms with Crippen LogP contribution in [-0.2, 0) is 4.79 Å². The number of carbonyl (C=O) groups excluding carboxylic acids is 1. The molecule has 3 N–H and O–H groups in total. The highest BCUT2D eigenvalue weighted by Crippen LogP contribution is 2.18. The lowest BCUT2D eigenvalue weighted by Gasteiger charge is -2.31. The second kappa shape index (κ2) is 6.68. The second-order valence-electron chi connectivity index (χ2n) is 5.19. The number of rotatable bonds is 5. The minimum absolute atomic E-state index is 0.0401. The molecule has 19 heavy (non-hydrogen) atoms. The van der Waals surface area contributed by atoms with E-state index in [-0.39, 0.29) is 5.91 Å². The van der Waals surface area contributed by atoms with E-state index in [4.69, 9.17) is 10.3 Å². The molecule has 0 aromatic carbocycles. The molecule has 1 amide bonds. The summed E-state index contributed by atoms with van der Waals surface area (Å²) in [5, 5.41) is 6.50. The van der Waals surface area contributed by atoms with Crippen molar-refractivity contribution in [3.63, 3.8) is 0 Å². The summed E-state index contributed by atoms with van der Waals surface area (Å²) in [6.07, 6.45) is 3.40. The minimum atomic E-state index is -0.0401. The van der Waals surface area contributed by atoms with Gasteiger partial charge in [0.25, 0.3) is 0 Å². The molecule has 0 bridgehead atoms. The van der Waals surface area contributed by atoms with Gasteiger partial charge in [-0.15, -0.1) is 0 Å². The normalized spacial score (nSPS) is 20.4. The van der Waals surface area contributed by atoms with E-state index in [1.54, 1.807) is 13.0 Å². The predicted molar refractivity (Wildman–Crippen MR) is 72.7 cm³/mol. The van der Waals surface area contributed by atoms with Crippen molar-refractivity contribution < 1.29 is 9.32 Å². The van der Waals surface area contributed by atoms with Crippen LogP contribution in [0.25, 0.3) is 0 Å². The molecular weight excluding hydrogens is 244 g/mol. The summed E-state index contributed by atoms with van der Waals surface area (Å²) in [5.41, 5.74) is 5.59. The smallest absolute Gasteiger partial charge is 0.239 e. The maximum atomic E-state index is 11.9. The van der Waals surface area contributed by atoms with Crippen LogP contribution in [0.4, 0.5) is 5.82 Å². The molecule has 1 saturated heterocycles. The number of piperidine rings is 1. The standard InChI is InChI=1S/C13H22N4O2/c1-10-7-12(16-19-10)15-13(18)9-17-6-2-3-11(8-17)4-5-14/h7,11H,2-6,8-9,14H2,1H3,(H,15,16,18). The number of amides is 1. The molecule has 1 aromatic heterocycles. The predicted octanol–water partition coefficient (Wildman–Crippen LogP) is 0.982. The molecule has 6 heteroatoms. The Morgan fingerprint density at radius 1 is 1.68 bits per heavy atom. The molecule has 1 aromatic rings. The number of nitrogens with one attached hydrogen (secondary N) is 1. The van der Waals surface area contributed by atoms with Gasteiger partial charge < -0.3 is 15.6 Å². The van der Waals surface area contributed by atoms with E-state index in [0.29, 0.717) is 24.0 Å². The molecular formula is C13H22N4O2. The number of hydrogen-bond donors (Lipinski definition) is 2. The maximum Gasteiger partial charge on any atom is 0.239 e. The monoisotopic (exact) mass is 266 g/mol. The Hall–Kier alpha value is -1.40. The van der Waals surface area contributed by atoms with Crippen LogP contribution in [0, 0.1) is 12.8 Å². The number of nitrogens with zero attached hydrogens (tertiary/aromatic N) is 2. The Labute approximate surface area is 113 Å². The third kappa shape index (κ3) is 4.33. The number of aromatic nitrogens is 1. The van der Waals surface area contributed by atoms with Gasteiger partial charge in [0.05, 0.1) is 6.54 Å². The first-order valence-electron chi connectivity index (χ1n) is 6.83. The number of anilines is 1. The average molecular weight is 266 g/mol. The zero-order valence-corrected chi connectivity index (χ0v) is 11.4. The van der Waals surface area contributed by atoms with Gasteiger partial charge >= 0.3 is 0 Å². The Morgan fingerprint density at radius 2 is 2.53 bits per heavy atom. The summed E-state index contributed by atoms with van der Waals surface area (Å²) < 4.78 is 4.91. The van der Waals surface area contributed by atoms with Crippen molar-refractivity contribution in [1.29, 1.82) is 0 Å². The Kier molecular flexibility index (Phi) is 4.93. The molecule has 0 spiro atoms. The summed E-state index contributed by atoms with van der Waals surface area (Å²) in [6, 6.07) is 1.71. The van der Waals surface area contributed by atoms with Gasteiger partial charge in [-0.1, -0.05) is 5.16 Å². The molecule has 1 unspecified atom stereocenters. The number of aryl methyl sites for hydroxylation is 1. The van der Waals surface area contributed by atoms with Crippen LogP contribution < -0.4 is 11.1 Å². The van der Waals surface area contributed by atoms with Crippen molar-refractivity contribution in [3.05, 3.63) is 11.8 Å². The highest BCUT2D eigenvalue weighted by molar-refractivity contribution is 5.91. The summed E-state index contributed by atoms with van der Waals surface area (Å²) in [6.45, 7) is 4.87. The van der Waals surface area contributed by atoms with E-state index in [0.717, 1.165) is 32.5 Å². The van der Waals surface area contributed by atoms with Gasteiger partial charge in [-0.2, -0.15) is 0 Å². The second-order valence-corrected chi connectivity index (χ2v) is 5.19. The van der Waals surface area contributed by atoms with Gasteiger partial charge in [-0.05, 0) is 45.2 Å². The van der Waals surface area contributed by atoms with Crippen LogP contribution in [0.15, 0.2) is 10.6 Å². The van der Waals surface area contributed by atoms with E-state index < -0.39 is 0 Å². The van der Waals surface area contributed by atoms with Crippen LogP contribution >= 0.6 is 0 Å². The van der Waals surface area contributed by atoms with Crippen molar-refractivity contribution in [1.82, 2.24) is 10.1 Å². The zero-order valence-electron chi connectivity index (χ0n) is 11.4. The van der Waals surface area contributed by atoms with Crippen molar-refractivity contribution in [2.45, 2.75) is 26.2 Å². The van der Waals surface area contributed by atoms with Gasteiger partial charge in [-0.25, -0.2) is 0 Å². The van der Waals surface area contributed by atoms with Gasteiger partial charge in [0.15, 0.2) is 5.82 Å². The van der Waals surface area contributed by atoms with Gasteiger partial charge in [-0.3, -0.25) is 9.69 Å². The van der Waals surface area contributed by atoms with Gasteiger partial charge in [0.1, 0.15) is 5.76 Å². The lowest BCUT2D eigenvalue weighted by atomic mass is 9.95. The van der Waals surface area contributed by atoms with Crippen molar-refractivity contribution in [2.24, 2.45) is 11.7 Å². The molecule has 2 heterocycles. The van der Waals surface area contributed by atoms with Gasteiger partial charge in [0.2, 0.25) is 5.91 Å². The van der Waals surface area contributed by atoms with E-state index in [1.807, 2.05) is 0 Å². The molecule has 1 atom stereocenters. The molecule has 0 radical (unpaired) electrons. The average Bonchev–Trinajstić information content (AvgIpc) is 2.75. The van der Waals surface area contributed by atoms with Crippen LogP contribution in [0.1, 0.15) is 25.0 Å². The van der Waals surface area contributed by atoms with Crippen LogP contribution in [0.5, 0.6) is 0 Å². The first kappa shape index (κ1) is 14.0. The van der Waals surface area contributed by atoms with Crippen LogP contribution in [-0.4, -0.2) is 42.1 Å². The largest absolute Gasteiger partial charge is 0.360 e. The van der Waals surface area contributed by atoms with Crippen molar-refractivity contribution in [2.75, 3.05) is 31.5 Å². The number of nitrogens with two attached hydrogens (primary N) is 1. The molecule has 1 fully saturated rings.